The minimum atomic E-state index is 0. The lowest BCUT2D eigenvalue weighted by atomic mass is 10.5. The standard InChI is InChI=1S/C6H6ClNO.ClH/c1-9-5-2-3-8-6(7)4-5;/h2-4H,1H3;1H. The number of rotatable bonds is 1. The van der Waals surface area contributed by atoms with Crippen LogP contribution in [0.3, 0.4) is 0 Å². The van der Waals surface area contributed by atoms with Crippen molar-refractivity contribution in [1.82, 2.24) is 4.98 Å². The van der Waals surface area contributed by atoms with E-state index in [2.05, 4.69) is 4.98 Å². The lowest BCUT2D eigenvalue weighted by molar-refractivity contribution is 0.414. The number of pyridine rings is 1. The largest absolute Gasteiger partial charge is 0.497 e. The van der Waals surface area contributed by atoms with Crippen LogP contribution >= 0.6 is 24.0 Å². The van der Waals surface area contributed by atoms with Gasteiger partial charge in [0, 0.05) is 12.3 Å². The average molecular weight is 180 g/mol. The van der Waals surface area contributed by atoms with Gasteiger partial charge in [0.05, 0.1) is 7.11 Å². The molecular formula is C6H7Cl2NO. The third-order valence-corrected chi connectivity index (χ3v) is 1.14. The molecule has 1 aromatic heterocycles. The second kappa shape index (κ2) is 4.36. The molecule has 0 aliphatic heterocycles. The number of hydrogen-bond donors (Lipinski definition) is 0. The van der Waals surface area contributed by atoms with Crippen LogP contribution in [0, 0.1) is 0 Å². The summed E-state index contributed by atoms with van der Waals surface area (Å²) in [6.45, 7) is 0. The molecule has 4 heteroatoms. The molecule has 0 aliphatic rings. The summed E-state index contributed by atoms with van der Waals surface area (Å²) in [5, 5.41) is 0.453. The molecule has 0 aromatic carbocycles. The number of methoxy groups -OCH3 is 1. The first-order valence-corrected chi connectivity index (χ1v) is 2.86. The number of nitrogens with zero attached hydrogens (tertiary/aromatic N) is 1. The molecule has 0 fully saturated rings. The highest BCUT2D eigenvalue weighted by Gasteiger charge is 1.89. The van der Waals surface area contributed by atoms with Gasteiger partial charge in [-0.05, 0) is 6.07 Å². The highest BCUT2D eigenvalue weighted by molar-refractivity contribution is 6.29. The van der Waals surface area contributed by atoms with Crippen LogP contribution in [-0.4, -0.2) is 12.1 Å². The maximum Gasteiger partial charge on any atom is 0.132 e. The summed E-state index contributed by atoms with van der Waals surface area (Å²) in [7, 11) is 1.59. The van der Waals surface area contributed by atoms with E-state index >= 15 is 0 Å². The third-order valence-electron chi connectivity index (χ3n) is 0.934. The van der Waals surface area contributed by atoms with Crippen molar-refractivity contribution < 1.29 is 4.74 Å². The van der Waals surface area contributed by atoms with Crippen LogP contribution in [0.25, 0.3) is 0 Å². The Bertz CT molecular complexity index is 205. The summed E-state index contributed by atoms with van der Waals surface area (Å²) in [6.07, 6.45) is 1.60. The summed E-state index contributed by atoms with van der Waals surface area (Å²) in [5.41, 5.74) is 0. The van der Waals surface area contributed by atoms with Gasteiger partial charge in [-0.1, -0.05) is 11.6 Å². The van der Waals surface area contributed by atoms with Crippen molar-refractivity contribution in [2.24, 2.45) is 0 Å². The fourth-order valence-electron chi connectivity index (χ4n) is 0.512. The van der Waals surface area contributed by atoms with Crippen molar-refractivity contribution >= 4 is 24.0 Å². The Balaban J connectivity index is 0.000000810. The predicted molar refractivity (Wildman–Crippen MR) is 43.0 cm³/mol. The summed E-state index contributed by atoms with van der Waals surface area (Å²) in [5.74, 6) is 0.731. The predicted octanol–water partition coefficient (Wildman–Crippen LogP) is 2.17. The number of ether oxygens (including phenoxy) is 1. The fourth-order valence-corrected chi connectivity index (χ4v) is 0.676. The maximum atomic E-state index is 5.53. The van der Waals surface area contributed by atoms with Crippen LogP contribution in [0.1, 0.15) is 0 Å². The van der Waals surface area contributed by atoms with E-state index in [1.165, 1.54) is 0 Å². The lowest BCUT2D eigenvalue weighted by Gasteiger charge is -1.96. The number of aromatic nitrogens is 1. The van der Waals surface area contributed by atoms with Gasteiger partial charge in [0.15, 0.2) is 0 Å². The lowest BCUT2D eigenvalue weighted by Crippen LogP contribution is -1.82. The van der Waals surface area contributed by atoms with Crippen LogP contribution in [0.4, 0.5) is 0 Å². The first-order chi connectivity index (χ1) is 4.33. The molecule has 0 saturated carbocycles. The van der Waals surface area contributed by atoms with Gasteiger partial charge in [0.25, 0.3) is 0 Å². The zero-order valence-electron chi connectivity index (χ0n) is 5.37. The van der Waals surface area contributed by atoms with E-state index in [0.29, 0.717) is 5.15 Å². The summed E-state index contributed by atoms with van der Waals surface area (Å²) in [4.78, 5) is 3.77. The minimum Gasteiger partial charge on any atom is -0.497 e. The Morgan fingerprint density at radius 3 is 2.70 bits per heavy atom. The first kappa shape index (κ1) is 9.53. The molecule has 0 radical (unpaired) electrons. The topological polar surface area (TPSA) is 22.1 Å². The van der Waals surface area contributed by atoms with Gasteiger partial charge in [-0.15, -0.1) is 12.4 Å². The number of halogens is 2. The Kier molecular flexibility index (Phi) is 4.16. The Labute approximate surface area is 70.6 Å². The molecule has 1 heterocycles. The van der Waals surface area contributed by atoms with Crippen molar-refractivity contribution in [1.29, 1.82) is 0 Å². The van der Waals surface area contributed by atoms with Gasteiger partial charge >= 0.3 is 0 Å². The summed E-state index contributed by atoms with van der Waals surface area (Å²) < 4.78 is 4.87. The van der Waals surface area contributed by atoms with Crippen molar-refractivity contribution in [3.8, 4) is 5.75 Å². The molecule has 1 rings (SSSR count). The second-order valence-electron chi connectivity index (χ2n) is 1.52. The van der Waals surface area contributed by atoms with Gasteiger partial charge in [0.2, 0.25) is 0 Å². The van der Waals surface area contributed by atoms with Crippen molar-refractivity contribution in [3.63, 3.8) is 0 Å². The third kappa shape index (κ3) is 2.42. The molecule has 0 N–H and O–H groups in total. The highest BCUT2D eigenvalue weighted by atomic mass is 35.5. The molecule has 0 atom stereocenters. The first-order valence-electron chi connectivity index (χ1n) is 2.48. The number of hydrogen-bond acceptors (Lipinski definition) is 2. The van der Waals surface area contributed by atoms with Crippen molar-refractivity contribution in [3.05, 3.63) is 23.5 Å². The van der Waals surface area contributed by atoms with Crippen LogP contribution in [-0.2, 0) is 0 Å². The van der Waals surface area contributed by atoms with E-state index in [9.17, 15) is 0 Å². The van der Waals surface area contributed by atoms with Crippen molar-refractivity contribution in [2.75, 3.05) is 7.11 Å². The maximum absolute atomic E-state index is 5.53. The van der Waals surface area contributed by atoms with Crippen LogP contribution in [0.5, 0.6) is 5.75 Å². The molecule has 0 aliphatic carbocycles. The minimum absolute atomic E-state index is 0. The molecule has 0 bridgehead atoms. The quantitative estimate of drug-likeness (QED) is 0.617. The van der Waals surface area contributed by atoms with Gasteiger partial charge in [-0.25, -0.2) is 4.98 Å². The van der Waals surface area contributed by atoms with E-state index in [1.54, 1.807) is 25.4 Å². The molecule has 0 saturated heterocycles. The molecule has 0 amide bonds. The van der Waals surface area contributed by atoms with Gasteiger partial charge < -0.3 is 4.74 Å². The Morgan fingerprint density at radius 2 is 2.30 bits per heavy atom. The highest BCUT2D eigenvalue weighted by Crippen LogP contribution is 2.12. The van der Waals surface area contributed by atoms with Crippen LogP contribution in [0.2, 0.25) is 5.15 Å². The van der Waals surface area contributed by atoms with Crippen LogP contribution < -0.4 is 4.74 Å². The van der Waals surface area contributed by atoms with E-state index < -0.39 is 0 Å². The van der Waals surface area contributed by atoms with Gasteiger partial charge in [-0.3, -0.25) is 0 Å². The van der Waals surface area contributed by atoms with E-state index in [-0.39, 0.29) is 12.4 Å². The molecular weight excluding hydrogens is 173 g/mol. The smallest absolute Gasteiger partial charge is 0.132 e. The van der Waals surface area contributed by atoms with Gasteiger partial charge in [-0.2, -0.15) is 0 Å². The summed E-state index contributed by atoms with van der Waals surface area (Å²) >= 11 is 5.53. The molecule has 0 unspecified atom stereocenters. The van der Waals surface area contributed by atoms with Crippen molar-refractivity contribution in [2.45, 2.75) is 0 Å². The fraction of sp³-hybridized carbons (Fsp3) is 0.167. The molecule has 2 nitrogen and oxygen atoms in total. The average Bonchev–Trinajstić information content (AvgIpc) is 1.88. The zero-order valence-corrected chi connectivity index (χ0v) is 6.95. The molecule has 56 valence electrons. The molecule has 0 spiro atoms. The SMILES string of the molecule is COc1ccnc(Cl)c1.Cl. The second-order valence-corrected chi connectivity index (χ2v) is 1.91. The summed E-state index contributed by atoms with van der Waals surface area (Å²) in [6, 6.07) is 3.40. The zero-order chi connectivity index (χ0) is 6.69. The normalized spacial score (nSPS) is 8.20. The Morgan fingerprint density at radius 1 is 1.60 bits per heavy atom. The van der Waals surface area contributed by atoms with Gasteiger partial charge in [0.1, 0.15) is 10.9 Å². The molecule has 1 aromatic rings. The van der Waals surface area contributed by atoms with E-state index in [4.69, 9.17) is 16.3 Å². The Hall–Kier alpha value is -0.470. The monoisotopic (exact) mass is 179 g/mol. The molecule has 10 heavy (non-hydrogen) atoms. The van der Waals surface area contributed by atoms with E-state index in [1.807, 2.05) is 0 Å². The van der Waals surface area contributed by atoms with E-state index in [0.717, 1.165) is 5.75 Å². The van der Waals surface area contributed by atoms with Crippen LogP contribution in [0.15, 0.2) is 18.3 Å².